The first kappa shape index (κ1) is 12.6. The van der Waals surface area contributed by atoms with Crippen LogP contribution in [0, 0.1) is 5.92 Å². The molecule has 1 aromatic rings. The highest BCUT2D eigenvalue weighted by Crippen LogP contribution is 2.35. The van der Waals surface area contributed by atoms with Gasteiger partial charge in [-0.2, -0.15) is 0 Å². The van der Waals surface area contributed by atoms with Crippen LogP contribution in [0.1, 0.15) is 12.8 Å². The van der Waals surface area contributed by atoms with Crippen molar-refractivity contribution in [2.24, 2.45) is 11.8 Å². The van der Waals surface area contributed by atoms with Crippen molar-refractivity contribution in [2.45, 2.75) is 12.8 Å². The fourth-order valence-corrected chi connectivity index (χ4v) is 2.80. The van der Waals surface area contributed by atoms with Gasteiger partial charge in [0.25, 0.3) is 0 Å². The molecule has 2 N–H and O–H groups in total. The highest BCUT2D eigenvalue weighted by atomic mass is 16.6. The average molecular weight is 264 g/mol. The summed E-state index contributed by atoms with van der Waals surface area (Å²) in [6.07, 6.45) is 2.35. The van der Waals surface area contributed by atoms with Crippen molar-refractivity contribution < 1.29 is 14.3 Å². The molecule has 1 aromatic carbocycles. The van der Waals surface area contributed by atoms with Crippen LogP contribution in [0.5, 0.6) is 11.5 Å². The van der Waals surface area contributed by atoms with Gasteiger partial charge in [-0.15, -0.1) is 0 Å². The zero-order chi connectivity index (χ0) is 13.1. The molecule has 2 aliphatic heterocycles. The van der Waals surface area contributed by atoms with E-state index in [1.54, 1.807) is 0 Å². The van der Waals surface area contributed by atoms with Gasteiger partial charge in [-0.3, -0.25) is 0 Å². The molecule has 0 saturated carbocycles. The molecule has 19 heavy (non-hydrogen) atoms. The molecule has 5 nitrogen and oxygen atoms in total. The number of rotatable bonds is 3. The summed E-state index contributed by atoms with van der Waals surface area (Å²) in [4.78, 5) is 7.15. The number of benzene rings is 1. The summed E-state index contributed by atoms with van der Waals surface area (Å²) in [7, 11) is 0. The first-order valence-corrected chi connectivity index (χ1v) is 6.83. The van der Waals surface area contributed by atoms with Gasteiger partial charge in [-0.25, -0.2) is 5.90 Å². The van der Waals surface area contributed by atoms with Crippen molar-refractivity contribution in [2.75, 3.05) is 37.8 Å². The first-order valence-electron chi connectivity index (χ1n) is 6.83. The number of nitrogens with zero attached hydrogens (tertiary/aromatic N) is 1. The fraction of sp³-hybridized carbons (Fsp3) is 0.571. The van der Waals surface area contributed by atoms with Crippen LogP contribution in [0.15, 0.2) is 18.2 Å². The van der Waals surface area contributed by atoms with E-state index in [4.69, 9.17) is 20.2 Å². The van der Waals surface area contributed by atoms with Gasteiger partial charge in [0.05, 0.1) is 6.61 Å². The lowest BCUT2D eigenvalue weighted by molar-refractivity contribution is 0.0951. The second kappa shape index (κ2) is 5.67. The third-order valence-electron chi connectivity index (χ3n) is 3.74. The minimum absolute atomic E-state index is 0.506. The van der Waals surface area contributed by atoms with Gasteiger partial charge >= 0.3 is 0 Å². The van der Waals surface area contributed by atoms with Gasteiger partial charge in [-0.1, -0.05) is 0 Å². The Labute approximate surface area is 113 Å². The minimum Gasteiger partial charge on any atom is -0.486 e. The maximum absolute atomic E-state index is 5.63. The van der Waals surface area contributed by atoms with Crippen LogP contribution < -0.4 is 20.3 Å². The topological polar surface area (TPSA) is 57.0 Å². The Bertz CT molecular complexity index is 437. The molecule has 5 heteroatoms. The molecule has 0 amide bonds. The SMILES string of the molecule is NOCC1CCCN(c2ccc3c(c2)OCCO3)C1. The second-order valence-electron chi connectivity index (χ2n) is 5.12. The molecule has 0 aromatic heterocycles. The lowest BCUT2D eigenvalue weighted by Gasteiger charge is -2.34. The number of piperidine rings is 1. The largest absolute Gasteiger partial charge is 0.486 e. The summed E-state index contributed by atoms with van der Waals surface area (Å²) in [6, 6.07) is 6.16. The van der Waals surface area contributed by atoms with Crippen molar-refractivity contribution in [3.63, 3.8) is 0 Å². The first-order chi connectivity index (χ1) is 9.36. The van der Waals surface area contributed by atoms with Crippen molar-refractivity contribution in [3.05, 3.63) is 18.2 Å². The Balaban J connectivity index is 1.74. The Kier molecular flexibility index (Phi) is 3.75. The van der Waals surface area contributed by atoms with Gasteiger partial charge in [0.15, 0.2) is 11.5 Å². The summed E-state index contributed by atoms with van der Waals surface area (Å²) in [5.74, 6) is 7.38. The Hall–Kier alpha value is -1.46. The number of anilines is 1. The quantitative estimate of drug-likeness (QED) is 0.840. The van der Waals surface area contributed by atoms with Crippen LogP contribution in [-0.4, -0.2) is 32.9 Å². The average Bonchev–Trinajstić information content (AvgIpc) is 2.47. The molecule has 0 bridgehead atoms. The van der Waals surface area contributed by atoms with Crippen LogP contribution >= 0.6 is 0 Å². The maximum Gasteiger partial charge on any atom is 0.163 e. The lowest BCUT2D eigenvalue weighted by atomic mass is 9.98. The number of hydrogen-bond donors (Lipinski definition) is 1. The summed E-state index contributed by atoms with van der Waals surface area (Å²) >= 11 is 0. The molecule has 1 saturated heterocycles. The van der Waals surface area contributed by atoms with Gasteiger partial charge in [0.1, 0.15) is 13.2 Å². The number of hydrogen-bond acceptors (Lipinski definition) is 5. The Morgan fingerprint density at radius 3 is 2.95 bits per heavy atom. The van der Waals surface area contributed by atoms with E-state index in [9.17, 15) is 0 Å². The van der Waals surface area contributed by atoms with Crippen molar-refractivity contribution >= 4 is 5.69 Å². The van der Waals surface area contributed by atoms with Crippen LogP contribution in [0.2, 0.25) is 0 Å². The summed E-state index contributed by atoms with van der Waals surface area (Å²) in [6.45, 7) is 3.94. The monoisotopic (exact) mass is 264 g/mol. The molecule has 0 radical (unpaired) electrons. The standard InChI is InChI=1S/C14H20N2O3/c15-19-10-11-2-1-5-16(9-11)12-3-4-13-14(8-12)18-7-6-17-13/h3-4,8,11H,1-2,5-7,9-10,15H2. The maximum atomic E-state index is 5.63. The summed E-state index contributed by atoms with van der Waals surface area (Å²) in [5.41, 5.74) is 1.19. The van der Waals surface area contributed by atoms with Crippen LogP contribution in [-0.2, 0) is 4.84 Å². The van der Waals surface area contributed by atoms with E-state index < -0.39 is 0 Å². The fourth-order valence-electron chi connectivity index (χ4n) is 2.80. The third kappa shape index (κ3) is 2.77. The van der Waals surface area contributed by atoms with Gasteiger partial charge < -0.3 is 19.2 Å². The summed E-state index contributed by atoms with van der Waals surface area (Å²) in [5, 5.41) is 0. The van der Waals surface area contributed by atoms with Crippen molar-refractivity contribution in [1.82, 2.24) is 0 Å². The van der Waals surface area contributed by atoms with Gasteiger partial charge in [0, 0.05) is 30.8 Å². The van der Waals surface area contributed by atoms with Crippen molar-refractivity contribution in [1.29, 1.82) is 0 Å². The van der Waals surface area contributed by atoms with E-state index >= 15 is 0 Å². The zero-order valence-corrected chi connectivity index (χ0v) is 11.0. The molecule has 1 fully saturated rings. The highest BCUT2D eigenvalue weighted by molar-refractivity contribution is 5.57. The molecule has 0 aliphatic carbocycles. The molecule has 1 atom stereocenters. The van der Waals surface area contributed by atoms with Crippen molar-refractivity contribution in [3.8, 4) is 11.5 Å². The van der Waals surface area contributed by atoms with Gasteiger partial charge in [-0.05, 0) is 25.0 Å². The van der Waals surface area contributed by atoms with E-state index in [1.807, 2.05) is 6.07 Å². The van der Waals surface area contributed by atoms with Crippen LogP contribution in [0.25, 0.3) is 0 Å². The molecule has 1 unspecified atom stereocenters. The van der Waals surface area contributed by atoms with Crippen LogP contribution in [0.3, 0.4) is 0 Å². The van der Waals surface area contributed by atoms with E-state index in [0.29, 0.717) is 25.7 Å². The third-order valence-corrected chi connectivity index (χ3v) is 3.74. The molecular formula is C14H20N2O3. The smallest absolute Gasteiger partial charge is 0.163 e. The molecular weight excluding hydrogens is 244 g/mol. The van der Waals surface area contributed by atoms with E-state index in [2.05, 4.69) is 17.0 Å². The minimum atomic E-state index is 0.506. The highest BCUT2D eigenvalue weighted by Gasteiger charge is 2.21. The number of nitrogens with two attached hydrogens (primary N) is 1. The van der Waals surface area contributed by atoms with E-state index in [-0.39, 0.29) is 0 Å². The van der Waals surface area contributed by atoms with Crippen LogP contribution in [0.4, 0.5) is 5.69 Å². The van der Waals surface area contributed by atoms with Gasteiger partial charge in [0.2, 0.25) is 0 Å². The molecule has 104 valence electrons. The molecule has 3 rings (SSSR count). The molecule has 2 aliphatic rings. The normalized spacial score (nSPS) is 22.4. The Morgan fingerprint density at radius 2 is 2.11 bits per heavy atom. The molecule has 2 heterocycles. The molecule has 0 spiro atoms. The summed E-state index contributed by atoms with van der Waals surface area (Å²) < 4.78 is 11.2. The predicted octanol–water partition coefficient (Wildman–Crippen LogP) is 1.56. The zero-order valence-electron chi connectivity index (χ0n) is 11.0. The van der Waals surface area contributed by atoms with E-state index in [0.717, 1.165) is 24.6 Å². The number of fused-ring (bicyclic) bond motifs is 1. The predicted molar refractivity (Wildman–Crippen MR) is 72.5 cm³/mol. The number of ether oxygens (including phenoxy) is 2. The lowest BCUT2D eigenvalue weighted by Crippen LogP contribution is -2.37. The Morgan fingerprint density at radius 1 is 1.26 bits per heavy atom. The second-order valence-corrected chi connectivity index (χ2v) is 5.12. The van der Waals surface area contributed by atoms with E-state index in [1.165, 1.54) is 18.5 Å².